The van der Waals surface area contributed by atoms with Gasteiger partial charge in [0.2, 0.25) is 0 Å². The van der Waals surface area contributed by atoms with Crippen molar-refractivity contribution < 1.29 is 0 Å². The van der Waals surface area contributed by atoms with Crippen molar-refractivity contribution in [2.24, 2.45) is 7.05 Å². The van der Waals surface area contributed by atoms with Crippen molar-refractivity contribution in [1.29, 1.82) is 0 Å². The molecule has 0 radical (unpaired) electrons. The molecular weight excluding hydrogens is 98.1 g/mol. The van der Waals surface area contributed by atoms with E-state index in [1.54, 1.807) is 0 Å². The zero-order chi connectivity index (χ0) is 6.15. The molecule has 44 valence electrons. The van der Waals surface area contributed by atoms with Crippen LogP contribution in [0.3, 0.4) is 0 Å². The van der Waals surface area contributed by atoms with E-state index in [4.69, 9.17) is 0 Å². The van der Waals surface area contributed by atoms with Crippen LogP contribution in [0.1, 0.15) is 11.3 Å². The number of rotatable bonds is 0. The molecule has 0 aliphatic carbocycles. The second-order valence-electron chi connectivity index (χ2n) is 2.27. The first-order valence-corrected chi connectivity index (χ1v) is 2.80. The lowest BCUT2D eigenvalue weighted by atomic mass is 10.4. The third-order valence-corrected chi connectivity index (χ3v) is 1.39. The Labute approximate surface area is 49.9 Å². The van der Waals surface area contributed by atoms with Gasteiger partial charge in [-0.15, -0.1) is 0 Å². The van der Waals surface area contributed by atoms with Gasteiger partial charge in [0, 0.05) is 18.9 Å². The maximum Gasteiger partial charge on any atom is 0.0143 e. The molecule has 1 aromatic rings. The van der Waals surface area contributed by atoms with Gasteiger partial charge >= 0.3 is 0 Å². The summed E-state index contributed by atoms with van der Waals surface area (Å²) in [4.78, 5) is 0. The van der Waals surface area contributed by atoms with E-state index < -0.39 is 0 Å². The Morgan fingerprint density at radius 2 is 2.00 bits per heavy atom. The van der Waals surface area contributed by atoms with Gasteiger partial charge in [-0.3, -0.25) is 0 Å². The maximum atomic E-state index is 2.17. The molecule has 0 atom stereocenters. The van der Waals surface area contributed by atoms with Crippen molar-refractivity contribution in [2.75, 3.05) is 0 Å². The fourth-order valence-corrected chi connectivity index (χ4v) is 0.876. The number of nitrogens with zero attached hydrogens (tertiary/aromatic N) is 1. The smallest absolute Gasteiger partial charge is 0.0143 e. The van der Waals surface area contributed by atoms with E-state index in [2.05, 4.69) is 37.7 Å². The monoisotopic (exact) mass is 109 g/mol. The minimum atomic E-state index is 1.32. The Hall–Kier alpha value is -0.720. The highest BCUT2D eigenvalue weighted by Crippen LogP contribution is 2.02. The quantitative estimate of drug-likeness (QED) is 0.477. The van der Waals surface area contributed by atoms with Crippen LogP contribution in [0.25, 0.3) is 0 Å². The number of aryl methyl sites for hydroxylation is 3. The lowest BCUT2D eigenvalue weighted by Crippen LogP contribution is -1.84. The summed E-state index contributed by atoms with van der Waals surface area (Å²) < 4.78 is 2.12. The molecule has 1 heteroatoms. The third-order valence-electron chi connectivity index (χ3n) is 1.39. The summed E-state index contributed by atoms with van der Waals surface area (Å²) in [5.74, 6) is 0. The summed E-state index contributed by atoms with van der Waals surface area (Å²) in [6.07, 6.45) is 2.12. The van der Waals surface area contributed by atoms with Crippen LogP contribution in [0.2, 0.25) is 0 Å². The summed E-state index contributed by atoms with van der Waals surface area (Å²) in [7, 11) is 2.06. The SMILES string of the molecule is Cc1cc(C)n(C)c1. The average molecular weight is 109 g/mol. The normalized spacial score (nSPS) is 9.88. The van der Waals surface area contributed by atoms with E-state index in [0.29, 0.717) is 0 Å². The fourth-order valence-electron chi connectivity index (χ4n) is 0.876. The highest BCUT2D eigenvalue weighted by molar-refractivity contribution is 5.14. The number of aromatic nitrogens is 1. The molecule has 0 spiro atoms. The van der Waals surface area contributed by atoms with Crippen LogP contribution in [0.15, 0.2) is 12.3 Å². The van der Waals surface area contributed by atoms with Crippen molar-refractivity contribution in [3.8, 4) is 0 Å². The molecule has 0 aliphatic rings. The van der Waals surface area contributed by atoms with Crippen molar-refractivity contribution in [2.45, 2.75) is 13.8 Å². The van der Waals surface area contributed by atoms with Crippen LogP contribution in [0, 0.1) is 13.8 Å². The minimum Gasteiger partial charge on any atom is -0.354 e. The van der Waals surface area contributed by atoms with Gasteiger partial charge in [-0.1, -0.05) is 0 Å². The van der Waals surface area contributed by atoms with E-state index in [-0.39, 0.29) is 0 Å². The first-order valence-electron chi connectivity index (χ1n) is 2.80. The van der Waals surface area contributed by atoms with Crippen molar-refractivity contribution >= 4 is 0 Å². The van der Waals surface area contributed by atoms with Crippen molar-refractivity contribution in [3.63, 3.8) is 0 Å². The van der Waals surface area contributed by atoms with E-state index >= 15 is 0 Å². The van der Waals surface area contributed by atoms with E-state index in [0.717, 1.165) is 0 Å². The van der Waals surface area contributed by atoms with E-state index in [1.165, 1.54) is 11.3 Å². The first-order chi connectivity index (χ1) is 3.70. The van der Waals surface area contributed by atoms with Gasteiger partial charge in [-0.05, 0) is 25.5 Å². The lowest BCUT2D eigenvalue weighted by Gasteiger charge is -1.89. The largest absolute Gasteiger partial charge is 0.354 e. The topological polar surface area (TPSA) is 4.93 Å². The minimum absolute atomic E-state index is 1.32. The van der Waals surface area contributed by atoms with Gasteiger partial charge in [0.05, 0.1) is 0 Å². The molecule has 0 saturated carbocycles. The summed E-state index contributed by atoms with van der Waals surface area (Å²) >= 11 is 0. The number of hydrogen-bond donors (Lipinski definition) is 0. The van der Waals surface area contributed by atoms with Crippen LogP contribution in [-0.2, 0) is 7.05 Å². The molecule has 0 N–H and O–H groups in total. The summed E-state index contributed by atoms with van der Waals surface area (Å²) in [6.45, 7) is 4.21. The van der Waals surface area contributed by atoms with Gasteiger partial charge in [-0.25, -0.2) is 0 Å². The van der Waals surface area contributed by atoms with Crippen LogP contribution in [-0.4, -0.2) is 4.57 Å². The Morgan fingerprint density at radius 1 is 1.38 bits per heavy atom. The van der Waals surface area contributed by atoms with E-state index in [1.807, 2.05) is 0 Å². The highest BCUT2D eigenvalue weighted by atomic mass is 14.9. The van der Waals surface area contributed by atoms with Crippen LogP contribution >= 0.6 is 0 Å². The molecule has 1 heterocycles. The molecule has 0 bridgehead atoms. The van der Waals surface area contributed by atoms with Gasteiger partial charge < -0.3 is 4.57 Å². The maximum absolute atomic E-state index is 2.17. The molecule has 0 aliphatic heterocycles. The predicted octanol–water partition coefficient (Wildman–Crippen LogP) is 1.64. The second kappa shape index (κ2) is 1.66. The summed E-state index contributed by atoms with van der Waals surface area (Å²) in [6, 6.07) is 2.17. The molecular formula is C7H11N. The molecule has 0 unspecified atom stereocenters. The van der Waals surface area contributed by atoms with Gasteiger partial charge in [-0.2, -0.15) is 0 Å². The molecule has 1 aromatic heterocycles. The Bertz CT molecular complexity index is 167. The molecule has 1 nitrogen and oxygen atoms in total. The Morgan fingerprint density at radius 3 is 2.12 bits per heavy atom. The van der Waals surface area contributed by atoms with Gasteiger partial charge in [0.15, 0.2) is 0 Å². The van der Waals surface area contributed by atoms with E-state index in [9.17, 15) is 0 Å². The molecule has 0 amide bonds. The van der Waals surface area contributed by atoms with Gasteiger partial charge in [0.1, 0.15) is 0 Å². The zero-order valence-electron chi connectivity index (χ0n) is 5.60. The first kappa shape index (κ1) is 5.42. The molecule has 0 saturated heterocycles. The molecule has 0 aromatic carbocycles. The fraction of sp³-hybridized carbons (Fsp3) is 0.429. The summed E-state index contributed by atoms with van der Waals surface area (Å²) in [5.41, 5.74) is 2.66. The second-order valence-corrected chi connectivity index (χ2v) is 2.27. The van der Waals surface area contributed by atoms with Crippen LogP contribution in [0.5, 0.6) is 0 Å². The Kier molecular flexibility index (Phi) is 1.12. The summed E-state index contributed by atoms with van der Waals surface area (Å²) in [5, 5.41) is 0. The third kappa shape index (κ3) is 0.760. The average Bonchev–Trinajstić information content (AvgIpc) is 1.85. The van der Waals surface area contributed by atoms with Crippen molar-refractivity contribution in [3.05, 3.63) is 23.5 Å². The zero-order valence-corrected chi connectivity index (χ0v) is 5.60. The molecule has 8 heavy (non-hydrogen) atoms. The lowest BCUT2D eigenvalue weighted by molar-refractivity contribution is 0.880. The standard InChI is InChI=1S/C7H11N/c1-6-4-7(2)8(3)5-6/h4-5H,1-3H3. The number of hydrogen-bond acceptors (Lipinski definition) is 0. The van der Waals surface area contributed by atoms with Crippen molar-refractivity contribution in [1.82, 2.24) is 4.57 Å². The Balaban J connectivity index is 3.14. The molecule has 0 fully saturated rings. The van der Waals surface area contributed by atoms with Crippen LogP contribution < -0.4 is 0 Å². The predicted molar refractivity (Wildman–Crippen MR) is 34.9 cm³/mol. The van der Waals surface area contributed by atoms with Gasteiger partial charge in [0.25, 0.3) is 0 Å². The highest BCUT2D eigenvalue weighted by Gasteiger charge is 1.89. The molecule has 1 rings (SSSR count). The van der Waals surface area contributed by atoms with Crippen LogP contribution in [0.4, 0.5) is 0 Å².